The van der Waals surface area contributed by atoms with Crippen LogP contribution in [0.5, 0.6) is 0 Å². The number of rotatable bonds is 5. The van der Waals surface area contributed by atoms with Crippen LogP contribution in [0.1, 0.15) is 10.4 Å². The van der Waals surface area contributed by atoms with E-state index in [0.717, 1.165) is 18.8 Å². The number of amides is 2. The number of para-hydroxylation sites is 1. The predicted molar refractivity (Wildman–Crippen MR) is 120 cm³/mol. The van der Waals surface area contributed by atoms with Gasteiger partial charge in [0.05, 0.1) is 19.8 Å². The third-order valence-corrected chi connectivity index (χ3v) is 5.27. The molecule has 8 heteroatoms. The van der Waals surface area contributed by atoms with Crippen molar-refractivity contribution in [2.24, 2.45) is 0 Å². The molecule has 2 amide bonds. The van der Waals surface area contributed by atoms with Gasteiger partial charge in [-0.2, -0.15) is 0 Å². The lowest BCUT2D eigenvalue weighted by Crippen LogP contribution is -2.37. The van der Waals surface area contributed by atoms with Gasteiger partial charge in [0.15, 0.2) is 0 Å². The van der Waals surface area contributed by atoms with Gasteiger partial charge in [0.1, 0.15) is 5.56 Å². The quantitative estimate of drug-likeness (QED) is 0.659. The summed E-state index contributed by atoms with van der Waals surface area (Å²) >= 11 is 0. The molecule has 1 fully saturated rings. The topological polar surface area (TPSA) is 94.7 Å². The van der Waals surface area contributed by atoms with Crippen LogP contribution >= 0.6 is 0 Å². The number of benzene rings is 2. The van der Waals surface area contributed by atoms with Crippen LogP contribution in [0.15, 0.2) is 59.5 Å². The fraction of sp³-hybridized carbons (Fsp3) is 0.261. The Morgan fingerprint density at radius 3 is 2.55 bits per heavy atom. The maximum Gasteiger partial charge on any atom is 0.259 e. The Morgan fingerprint density at radius 1 is 1.10 bits per heavy atom. The maximum absolute atomic E-state index is 12.7. The summed E-state index contributed by atoms with van der Waals surface area (Å²) in [7, 11) is 1.50. The summed E-state index contributed by atoms with van der Waals surface area (Å²) in [5.41, 5.74) is 2.02. The molecule has 1 saturated heterocycles. The van der Waals surface area contributed by atoms with Crippen molar-refractivity contribution in [1.82, 2.24) is 9.88 Å². The minimum atomic E-state index is -0.509. The molecular formula is C23H24N4O4. The van der Waals surface area contributed by atoms with Gasteiger partial charge >= 0.3 is 0 Å². The first kappa shape index (κ1) is 20.6. The number of nitrogens with one attached hydrogen (secondary N) is 2. The van der Waals surface area contributed by atoms with Crippen LogP contribution in [0.4, 0.5) is 11.4 Å². The Morgan fingerprint density at radius 2 is 1.81 bits per heavy atom. The zero-order valence-corrected chi connectivity index (χ0v) is 17.3. The fourth-order valence-corrected chi connectivity index (χ4v) is 3.60. The van der Waals surface area contributed by atoms with Gasteiger partial charge in [-0.1, -0.05) is 12.1 Å². The van der Waals surface area contributed by atoms with E-state index in [0.29, 0.717) is 29.8 Å². The molecule has 2 aromatic carbocycles. The molecule has 0 spiro atoms. The number of fused-ring (bicyclic) bond motifs is 1. The Hall–Kier alpha value is -3.65. The molecule has 1 aliphatic rings. The molecule has 0 saturated carbocycles. The van der Waals surface area contributed by atoms with E-state index < -0.39 is 5.91 Å². The van der Waals surface area contributed by atoms with Crippen molar-refractivity contribution >= 4 is 34.1 Å². The van der Waals surface area contributed by atoms with Gasteiger partial charge in [0, 0.05) is 48.6 Å². The van der Waals surface area contributed by atoms with Crippen LogP contribution in [0.3, 0.4) is 0 Å². The summed E-state index contributed by atoms with van der Waals surface area (Å²) in [6.07, 6.45) is 1.39. The fourth-order valence-electron chi connectivity index (χ4n) is 3.60. The number of aromatic amines is 1. The van der Waals surface area contributed by atoms with Crippen molar-refractivity contribution in [2.45, 2.75) is 0 Å². The van der Waals surface area contributed by atoms with Crippen molar-refractivity contribution in [3.8, 4) is 0 Å². The van der Waals surface area contributed by atoms with Gasteiger partial charge in [-0.05, 0) is 36.4 Å². The zero-order valence-electron chi connectivity index (χ0n) is 17.3. The zero-order chi connectivity index (χ0) is 21.8. The number of ether oxygens (including phenoxy) is 1. The molecule has 2 heterocycles. The summed E-state index contributed by atoms with van der Waals surface area (Å²) in [6.45, 7) is 2.92. The average molecular weight is 420 g/mol. The lowest BCUT2D eigenvalue weighted by molar-refractivity contribution is -0.116. The molecule has 8 nitrogen and oxygen atoms in total. The van der Waals surface area contributed by atoms with E-state index in [-0.39, 0.29) is 23.4 Å². The van der Waals surface area contributed by atoms with E-state index in [9.17, 15) is 14.4 Å². The third kappa shape index (κ3) is 4.59. The SMILES string of the molecule is CN(CC(=O)Nc1ccc(N2CCOCC2)cc1)C(=O)c1c[nH]c2ccccc2c1=O. The molecule has 2 N–H and O–H groups in total. The van der Waals surface area contributed by atoms with Crippen molar-refractivity contribution in [3.63, 3.8) is 0 Å². The van der Waals surface area contributed by atoms with Crippen molar-refractivity contribution in [2.75, 3.05) is 50.1 Å². The number of anilines is 2. The molecule has 1 aliphatic heterocycles. The van der Waals surface area contributed by atoms with E-state index in [1.807, 2.05) is 30.3 Å². The first-order valence-electron chi connectivity index (χ1n) is 10.1. The number of morpholine rings is 1. The molecule has 0 bridgehead atoms. The number of hydrogen-bond donors (Lipinski definition) is 2. The molecule has 1 aromatic heterocycles. The first-order chi connectivity index (χ1) is 15.0. The van der Waals surface area contributed by atoms with Crippen LogP contribution in [0.2, 0.25) is 0 Å². The van der Waals surface area contributed by atoms with Gasteiger partial charge in [-0.3, -0.25) is 14.4 Å². The van der Waals surface area contributed by atoms with E-state index in [4.69, 9.17) is 4.74 Å². The average Bonchev–Trinajstić information content (AvgIpc) is 2.80. The number of carbonyl (C=O) groups is 2. The normalized spacial score (nSPS) is 13.8. The molecule has 4 rings (SSSR count). The highest BCUT2D eigenvalue weighted by atomic mass is 16.5. The Labute approximate surface area is 179 Å². The summed E-state index contributed by atoms with van der Waals surface area (Å²) in [6, 6.07) is 14.5. The maximum atomic E-state index is 12.7. The van der Waals surface area contributed by atoms with E-state index in [2.05, 4.69) is 15.2 Å². The Kier molecular flexibility index (Phi) is 5.99. The second-order valence-corrected chi connectivity index (χ2v) is 7.43. The van der Waals surface area contributed by atoms with Crippen LogP contribution in [0, 0.1) is 0 Å². The third-order valence-electron chi connectivity index (χ3n) is 5.27. The highest BCUT2D eigenvalue weighted by Gasteiger charge is 2.19. The van der Waals surface area contributed by atoms with E-state index in [1.165, 1.54) is 18.1 Å². The number of aromatic nitrogens is 1. The second-order valence-electron chi connectivity index (χ2n) is 7.43. The van der Waals surface area contributed by atoms with Gasteiger partial charge < -0.3 is 24.8 Å². The molecule has 0 atom stereocenters. The van der Waals surface area contributed by atoms with Crippen LogP contribution in [-0.2, 0) is 9.53 Å². The van der Waals surface area contributed by atoms with Crippen LogP contribution < -0.4 is 15.6 Å². The standard InChI is InChI=1S/C23H24N4O4/c1-26(23(30)19-14-24-20-5-3-2-4-18(20)22(19)29)15-21(28)25-16-6-8-17(9-7-16)27-10-12-31-13-11-27/h2-9,14H,10-13,15H2,1H3,(H,24,29)(H,25,28). The highest BCUT2D eigenvalue weighted by molar-refractivity contribution is 6.00. The number of pyridine rings is 1. The summed E-state index contributed by atoms with van der Waals surface area (Å²) in [4.78, 5) is 44.2. The number of nitrogens with zero attached hydrogens (tertiary/aromatic N) is 2. The molecule has 0 radical (unpaired) electrons. The lowest BCUT2D eigenvalue weighted by atomic mass is 10.1. The van der Waals surface area contributed by atoms with E-state index in [1.54, 1.807) is 18.2 Å². The van der Waals surface area contributed by atoms with Crippen LogP contribution in [0.25, 0.3) is 10.9 Å². The van der Waals surface area contributed by atoms with Gasteiger partial charge in [-0.15, -0.1) is 0 Å². The number of hydrogen-bond acceptors (Lipinski definition) is 5. The van der Waals surface area contributed by atoms with Gasteiger partial charge in [0.25, 0.3) is 5.91 Å². The van der Waals surface area contributed by atoms with Crippen LogP contribution in [-0.4, -0.2) is 61.6 Å². The van der Waals surface area contributed by atoms with Gasteiger partial charge in [-0.25, -0.2) is 0 Å². The Bertz CT molecular complexity index is 1150. The molecule has 0 unspecified atom stereocenters. The number of H-pyrrole nitrogens is 1. The Balaban J connectivity index is 1.38. The number of likely N-dealkylation sites (N-methyl/N-ethyl adjacent to an activating group) is 1. The summed E-state index contributed by atoms with van der Waals surface area (Å²) in [5.74, 6) is -0.850. The molecule has 3 aromatic rings. The first-order valence-corrected chi connectivity index (χ1v) is 10.1. The summed E-state index contributed by atoms with van der Waals surface area (Å²) < 4.78 is 5.36. The molecule has 31 heavy (non-hydrogen) atoms. The molecule has 0 aliphatic carbocycles. The van der Waals surface area contributed by atoms with Crippen molar-refractivity contribution < 1.29 is 14.3 Å². The minimum Gasteiger partial charge on any atom is -0.378 e. The predicted octanol–water partition coefficient (Wildman–Crippen LogP) is 2.08. The van der Waals surface area contributed by atoms with Crippen molar-refractivity contribution in [3.05, 3.63) is 70.5 Å². The minimum absolute atomic E-state index is 0.00358. The monoisotopic (exact) mass is 420 g/mol. The highest BCUT2D eigenvalue weighted by Crippen LogP contribution is 2.19. The van der Waals surface area contributed by atoms with E-state index >= 15 is 0 Å². The second kappa shape index (κ2) is 9.01. The molecular weight excluding hydrogens is 396 g/mol. The van der Waals surface area contributed by atoms with Gasteiger partial charge in [0.2, 0.25) is 11.3 Å². The summed E-state index contributed by atoms with van der Waals surface area (Å²) in [5, 5.41) is 3.23. The largest absolute Gasteiger partial charge is 0.378 e. The smallest absolute Gasteiger partial charge is 0.259 e. The van der Waals surface area contributed by atoms with Crippen molar-refractivity contribution in [1.29, 1.82) is 0 Å². The lowest BCUT2D eigenvalue weighted by Gasteiger charge is -2.28. The molecule has 160 valence electrons. The number of carbonyl (C=O) groups excluding carboxylic acids is 2.